The summed E-state index contributed by atoms with van der Waals surface area (Å²) in [6.45, 7) is -0.223. The molecule has 2 aromatic carbocycles. The Morgan fingerprint density at radius 1 is 1.26 bits per heavy atom. The number of nitrogens with zero attached hydrogens (tertiary/aromatic N) is 2. The molecule has 5 N–H and O–H groups in total. The lowest BCUT2D eigenvalue weighted by Gasteiger charge is -2.24. The largest absolute Gasteiger partial charge is 0.497 e. The highest BCUT2D eigenvalue weighted by atomic mass is 16.5. The third-order valence-electron chi connectivity index (χ3n) is 4.89. The topological polar surface area (TPSA) is 149 Å². The number of aromatic amines is 1. The monoisotopic (exact) mass is 417 g/mol. The van der Waals surface area contributed by atoms with Crippen molar-refractivity contribution in [3.8, 4) is 34.7 Å². The third-order valence-corrected chi connectivity index (χ3v) is 4.89. The number of fused-ring (bicyclic) bond motifs is 1. The van der Waals surface area contributed by atoms with Gasteiger partial charge in [0, 0.05) is 5.56 Å². The Balaban J connectivity index is 1.80. The number of methoxy groups -OCH3 is 1. The van der Waals surface area contributed by atoms with E-state index in [9.17, 15) is 10.1 Å². The van der Waals surface area contributed by atoms with E-state index in [1.807, 2.05) is 24.3 Å². The van der Waals surface area contributed by atoms with Gasteiger partial charge in [0.15, 0.2) is 6.61 Å². The summed E-state index contributed by atoms with van der Waals surface area (Å²) in [6, 6.07) is 16.6. The van der Waals surface area contributed by atoms with Crippen LogP contribution in [-0.4, -0.2) is 29.8 Å². The zero-order valence-electron chi connectivity index (χ0n) is 16.6. The number of H-pyrrole nitrogens is 1. The number of allylic oxidation sites excluding steroid dienone is 1. The van der Waals surface area contributed by atoms with Gasteiger partial charge in [0.05, 0.1) is 24.3 Å². The minimum absolute atomic E-state index is 0.00209. The number of primary amides is 1. The van der Waals surface area contributed by atoms with Crippen LogP contribution >= 0.6 is 0 Å². The number of ether oxygens (including phenoxy) is 3. The number of nitrogens with two attached hydrogens (primary N) is 2. The second-order valence-electron chi connectivity index (χ2n) is 6.80. The molecule has 0 aliphatic carbocycles. The molecule has 4 rings (SSSR count). The van der Waals surface area contributed by atoms with Crippen molar-refractivity contribution < 1.29 is 19.0 Å². The molecule has 1 aromatic heterocycles. The van der Waals surface area contributed by atoms with Gasteiger partial charge in [-0.3, -0.25) is 9.89 Å². The number of carbonyl (C=O) groups is 1. The van der Waals surface area contributed by atoms with Crippen molar-refractivity contribution in [2.24, 2.45) is 11.5 Å². The number of hydrogen-bond donors (Lipinski definition) is 3. The molecule has 31 heavy (non-hydrogen) atoms. The highest BCUT2D eigenvalue weighted by molar-refractivity contribution is 5.75. The highest BCUT2D eigenvalue weighted by Crippen LogP contribution is 2.46. The summed E-state index contributed by atoms with van der Waals surface area (Å²) in [5, 5.41) is 17.1. The van der Waals surface area contributed by atoms with Crippen molar-refractivity contribution in [1.29, 1.82) is 5.26 Å². The predicted octanol–water partition coefficient (Wildman–Crippen LogP) is 2.17. The van der Waals surface area contributed by atoms with E-state index < -0.39 is 11.8 Å². The number of benzene rings is 2. The second-order valence-corrected chi connectivity index (χ2v) is 6.80. The van der Waals surface area contributed by atoms with Gasteiger partial charge >= 0.3 is 0 Å². The van der Waals surface area contributed by atoms with Gasteiger partial charge in [-0.25, -0.2) is 0 Å². The van der Waals surface area contributed by atoms with E-state index in [4.69, 9.17) is 25.7 Å². The fraction of sp³-hybridized carbons (Fsp3) is 0.136. The van der Waals surface area contributed by atoms with Crippen LogP contribution in [0.4, 0.5) is 0 Å². The average Bonchev–Trinajstić information content (AvgIpc) is 3.20. The van der Waals surface area contributed by atoms with Gasteiger partial charge in [0.25, 0.3) is 5.91 Å². The average molecular weight is 417 g/mol. The molecular formula is C22H19N5O4. The van der Waals surface area contributed by atoms with Crippen LogP contribution in [0, 0.1) is 11.3 Å². The van der Waals surface area contributed by atoms with E-state index >= 15 is 0 Å². The van der Waals surface area contributed by atoms with E-state index in [0.717, 1.165) is 11.1 Å². The lowest BCUT2D eigenvalue weighted by Crippen LogP contribution is -2.21. The first kappa shape index (κ1) is 19.8. The zero-order chi connectivity index (χ0) is 22.0. The molecule has 9 heteroatoms. The Morgan fingerprint density at radius 2 is 2.03 bits per heavy atom. The molecule has 9 nitrogen and oxygen atoms in total. The molecule has 1 atom stereocenters. The van der Waals surface area contributed by atoms with Gasteiger partial charge in [0.1, 0.15) is 23.1 Å². The SMILES string of the molecule is COc1cccc(-c2[nH]nc3c2C(c2ccc(OCC(N)=O)cc2)C(C#N)=C(N)O3)c1. The molecule has 3 aromatic rings. The number of amides is 1. The fourth-order valence-electron chi connectivity index (χ4n) is 3.49. The Labute approximate surface area is 177 Å². The van der Waals surface area contributed by atoms with Crippen molar-refractivity contribution in [3.63, 3.8) is 0 Å². The molecule has 1 amide bonds. The van der Waals surface area contributed by atoms with Crippen molar-refractivity contribution in [2.75, 3.05) is 13.7 Å². The number of aromatic nitrogens is 2. The molecule has 0 spiro atoms. The molecule has 1 aliphatic heterocycles. The third kappa shape index (κ3) is 3.74. The number of rotatable bonds is 6. The lowest BCUT2D eigenvalue weighted by molar-refractivity contribution is -0.119. The Bertz CT molecular complexity index is 1210. The van der Waals surface area contributed by atoms with Gasteiger partial charge in [-0.05, 0) is 29.8 Å². The standard InChI is InChI=1S/C22H19N5O4/c1-29-15-4-2-3-13(9-15)20-19-18(16(10-23)21(25)31-22(19)27-26-20)12-5-7-14(8-6-12)30-11-17(24)28/h2-9,18H,11,25H2,1H3,(H2,24,28)(H,26,27). The quantitative estimate of drug-likeness (QED) is 0.556. The molecule has 1 aliphatic rings. The minimum atomic E-state index is -0.568. The molecule has 0 saturated heterocycles. The van der Waals surface area contributed by atoms with Crippen LogP contribution < -0.4 is 25.7 Å². The van der Waals surface area contributed by atoms with Crippen LogP contribution in [0.25, 0.3) is 11.3 Å². The van der Waals surface area contributed by atoms with Crippen molar-refractivity contribution in [3.05, 3.63) is 71.1 Å². The van der Waals surface area contributed by atoms with E-state index in [1.165, 1.54) is 0 Å². The molecule has 0 radical (unpaired) electrons. The fourth-order valence-corrected chi connectivity index (χ4v) is 3.49. The lowest BCUT2D eigenvalue weighted by atomic mass is 9.83. The van der Waals surface area contributed by atoms with Crippen molar-refractivity contribution in [1.82, 2.24) is 10.2 Å². The van der Waals surface area contributed by atoms with Gasteiger partial charge < -0.3 is 25.7 Å². The molecule has 0 saturated carbocycles. The van der Waals surface area contributed by atoms with Gasteiger partial charge in [0.2, 0.25) is 11.8 Å². The van der Waals surface area contributed by atoms with Crippen molar-refractivity contribution in [2.45, 2.75) is 5.92 Å². The van der Waals surface area contributed by atoms with Crippen LogP contribution in [0.1, 0.15) is 17.0 Å². The summed E-state index contributed by atoms with van der Waals surface area (Å²) in [5.41, 5.74) is 14.4. The maximum atomic E-state index is 10.9. The molecule has 156 valence electrons. The first-order valence-corrected chi connectivity index (χ1v) is 9.33. The van der Waals surface area contributed by atoms with Gasteiger partial charge in [-0.2, -0.15) is 5.26 Å². The Kier molecular flexibility index (Phi) is 5.20. The predicted molar refractivity (Wildman–Crippen MR) is 111 cm³/mol. The summed E-state index contributed by atoms with van der Waals surface area (Å²) in [4.78, 5) is 10.9. The number of nitrogens with one attached hydrogen (secondary N) is 1. The maximum Gasteiger partial charge on any atom is 0.255 e. The summed E-state index contributed by atoms with van der Waals surface area (Å²) in [6.07, 6.45) is 0. The number of hydrogen-bond acceptors (Lipinski definition) is 7. The second kappa shape index (κ2) is 8.12. The summed E-state index contributed by atoms with van der Waals surface area (Å²) in [7, 11) is 1.59. The molecule has 0 fully saturated rings. The summed E-state index contributed by atoms with van der Waals surface area (Å²) < 4.78 is 16.3. The van der Waals surface area contributed by atoms with E-state index in [1.54, 1.807) is 31.4 Å². The number of carbonyl (C=O) groups excluding carboxylic acids is 1. The molecule has 1 unspecified atom stereocenters. The van der Waals surface area contributed by atoms with Gasteiger partial charge in [-0.15, -0.1) is 5.10 Å². The van der Waals surface area contributed by atoms with E-state index in [2.05, 4.69) is 16.3 Å². The normalized spacial score (nSPS) is 14.9. The van der Waals surface area contributed by atoms with Crippen LogP contribution in [0.5, 0.6) is 17.4 Å². The van der Waals surface area contributed by atoms with Crippen molar-refractivity contribution >= 4 is 5.91 Å². The van der Waals surface area contributed by atoms with E-state index in [0.29, 0.717) is 28.6 Å². The smallest absolute Gasteiger partial charge is 0.255 e. The van der Waals surface area contributed by atoms with Crippen LogP contribution in [-0.2, 0) is 4.79 Å². The zero-order valence-corrected chi connectivity index (χ0v) is 16.6. The first-order chi connectivity index (χ1) is 15.0. The van der Waals surface area contributed by atoms with E-state index in [-0.39, 0.29) is 18.1 Å². The Hall–Kier alpha value is -4.45. The van der Waals surface area contributed by atoms with Crippen LogP contribution in [0.2, 0.25) is 0 Å². The number of nitriles is 1. The molecule has 2 heterocycles. The summed E-state index contributed by atoms with van der Waals surface area (Å²) >= 11 is 0. The highest BCUT2D eigenvalue weighted by Gasteiger charge is 2.35. The maximum absolute atomic E-state index is 10.9. The minimum Gasteiger partial charge on any atom is -0.497 e. The molecular weight excluding hydrogens is 398 g/mol. The van der Waals surface area contributed by atoms with Gasteiger partial charge in [-0.1, -0.05) is 24.3 Å². The Morgan fingerprint density at radius 3 is 2.71 bits per heavy atom. The first-order valence-electron chi connectivity index (χ1n) is 9.33. The van der Waals surface area contributed by atoms with Crippen LogP contribution in [0.15, 0.2) is 60.0 Å². The molecule has 0 bridgehead atoms. The van der Waals surface area contributed by atoms with Crippen LogP contribution in [0.3, 0.4) is 0 Å². The summed E-state index contributed by atoms with van der Waals surface area (Å²) in [5.74, 6) is 0.373.